The highest BCUT2D eigenvalue weighted by Crippen LogP contribution is 2.20. The molecule has 2 unspecified atom stereocenters. The highest BCUT2D eigenvalue weighted by molar-refractivity contribution is 5.87. The molecule has 118 valence electrons. The van der Waals surface area contributed by atoms with Crippen molar-refractivity contribution >= 4 is 17.9 Å². The summed E-state index contributed by atoms with van der Waals surface area (Å²) < 4.78 is 0. The van der Waals surface area contributed by atoms with E-state index in [4.69, 9.17) is 10.8 Å². The van der Waals surface area contributed by atoms with Crippen LogP contribution < -0.4 is 11.1 Å². The topological polar surface area (TPSA) is 116 Å². The van der Waals surface area contributed by atoms with Crippen LogP contribution in [0.3, 0.4) is 0 Å². The molecule has 8 heteroatoms. The van der Waals surface area contributed by atoms with E-state index in [1.165, 1.54) is 12.8 Å². The van der Waals surface area contributed by atoms with E-state index in [0.29, 0.717) is 19.1 Å². The lowest BCUT2D eigenvalue weighted by atomic mass is 10.2. The predicted octanol–water partition coefficient (Wildman–Crippen LogP) is -0.805. The second kappa shape index (κ2) is 6.75. The Labute approximate surface area is 123 Å². The monoisotopic (exact) mass is 298 g/mol. The van der Waals surface area contributed by atoms with Crippen molar-refractivity contribution in [2.45, 2.75) is 37.8 Å². The predicted molar refractivity (Wildman–Crippen MR) is 74.6 cm³/mol. The number of carbonyl (C=O) groups excluding carboxylic acids is 2. The number of rotatable bonds is 5. The molecule has 0 aliphatic carbocycles. The van der Waals surface area contributed by atoms with E-state index in [0.717, 1.165) is 19.5 Å². The molecule has 8 nitrogen and oxygen atoms in total. The fraction of sp³-hybridized carbons (Fsp3) is 0.769. The first kappa shape index (κ1) is 15.6. The zero-order chi connectivity index (χ0) is 15.4. The Kier molecular flexibility index (Phi) is 5.00. The number of amides is 3. The van der Waals surface area contributed by atoms with Gasteiger partial charge in [-0.3, -0.25) is 9.69 Å². The number of nitrogens with zero attached hydrogens (tertiary/aromatic N) is 2. The van der Waals surface area contributed by atoms with Gasteiger partial charge in [0.05, 0.1) is 6.42 Å². The normalized spacial score (nSPS) is 24.0. The average molecular weight is 298 g/mol. The number of primary amides is 1. The van der Waals surface area contributed by atoms with Crippen LogP contribution in [0.2, 0.25) is 0 Å². The van der Waals surface area contributed by atoms with Gasteiger partial charge in [0.15, 0.2) is 0 Å². The molecule has 0 aromatic carbocycles. The van der Waals surface area contributed by atoms with Crippen molar-refractivity contribution in [3.05, 3.63) is 0 Å². The van der Waals surface area contributed by atoms with Gasteiger partial charge in [-0.2, -0.15) is 0 Å². The SMILES string of the molecule is NC(=O)CC(NC(=O)N1CCC(N2CCCC2)C1)C(=O)O. The van der Waals surface area contributed by atoms with Crippen LogP contribution in [0.1, 0.15) is 25.7 Å². The number of likely N-dealkylation sites (tertiary alicyclic amines) is 2. The van der Waals surface area contributed by atoms with Crippen LogP contribution in [-0.2, 0) is 9.59 Å². The molecule has 3 amide bonds. The van der Waals surface area contributed by atoms with Crippen LogP contribution in [-0.4, -0.2) is 71.1 Å². The van der Waals surface area contributed by atoms with E-state index < -0.39 is 30.4 Å². The standard InChI is InChI=1S/C13H22N4O4/c14-11(18)7-10(12(19)20)15-13(21)17-6-3-9(8-17)16-4-1-2-5-16/h9-10H,1-8H2,(H2,14,18)(H,15,21)(H,19,20). The Morgan fingerprint density at radius 3 is 2.48 bits per heavy atom. The summed E-state index contributed by atoms with van der Waals surface area (Å²) in [5.74, 6) is -2.00. The Morgan fingerprint density at radius 1 is 1.24 bits per heavy atom. The maximum absolute atomic E-state index is 12.1. The van der Waals surface area contributed by atoms with Gasteiger partial charge in [0, 0.05) is 19.1 Å². The fourth-order valence-corrected chi connectivity index (χ4v) is 2.97. The third-order valence-corrected chi connectivity index (χ3v) is 4.11. The van der Waals surface area contributed by atoms with Crippen molar-refractivity contribution in [1.29, 1.82) is 0 Å². The molecular weight excluding hydrogens is 276 g/mol. The van der Waals surface area contributed by atoms with Gasteiger partial charge >= 0.3 is 12.0 Å². The number of hydrogen-bond acceptors (Lipinski definition) is 4. The molecule has 0 bridgehead atoms. The summed E-state index contributed by atoms with van der Waals surface area (Å²) in [4.78, 5) is 37.9. The largest absolute Gasteiger partial charge is 0.480 e. The average Bonchev–Trinajstić information content (AvgIpc) is 3.08. The first-order valence-electron chi connectivity index (χ1n) is 7.28. The maximum Gasteiger partial charge on any atom is 0.326 e. The third kappa shape index (κ3) is 4.07. The summed E-state index contributed by atoms with van der Waals surface area (Å²) in [6, 6.07) is -1.34. The van der Waals surface area contributed by atoms with Crippen molar-refractivity contribution in [1.82, 2.24) is 15.1 Å². The molecule has 2 aliphatic heterocycles. The molecular formula is C13H22N4O4. The van der Waals surface area contributed by atoms with Crippen molar-refractivity contribution in [3.63, 3.8) is 0 Å². The number of carbonyl (C=O) groups is 3. The van der Waals surface area contributed by atoms with Gasteiger partial charge in [0.2, 0.25) is 5.91 Å². The quantitative estimate of drug-likeness (QED) is 0.614. The molecule has 0 aromatic rings. The van der Waals surface area contributed by atoms with Crippen molar-refractivity contribution in [2.24, 2.45) is 5.73 Å². The zero-order valence-corrected chi connectivity index (χ0v) is 12.0. The summed E-state index contributed by atoms with van der Waals surface area (Å²) in [6.07, 6.45) is 2.90. The number of nitrogens with two attached hydrogens (primary N) is 1. The molecule has 0 radical (unpaired) electrons. The molecule has 0 spiro atoms. The van der Waals surface area contributed by atoms with Gasteiger partial charge in [0.1, 0.15) is 6.04 Å². The molecule has 0 aromatic heterocycles. The number of aliphatic carboxylic acids is 1. The summed E-state index contributed by atoms with van der Waals surface area (Å²) in [5, 5.41) is 11.4. The van der Waals surface area contributed by atoms with Crippen molar-refractivity contribution in [2.75, 3.05) is 26.2 Å². The van der Waals surface area contributed by atoms with Crippen molar-refractivity contribution < 1.29 is 19.5 Å². The molecule has 2 aliphatic rings. The van der Waals surface area contributed by atoms with Crippen LogP contribution in [0, 0.1) is 0 Å². The minimum Gasteiger partial charge on any atom is -0.480 e. The van der Waals surface area contributed by atoms with Crippen LogP contribution in [0.5, 0.6) is 0 Å². The lowest BCUT2D eigenvalue weighted by Crippen LogP contribution is -2.49. The smallest absolute Gasteiger partial charge is 0.326 e. The Morgan fingerprint density at radius 2 is 1.90 bits per heavy atom. The number of carboxylic acids is 1. The second-order valence-corrected chi connectivity index (χ2v) is 5.64. The minimum atomic E-state index is -1.26. The van der Waals surface area contributed by atoms with Gasteiger partial charge in [0.25, 0.3) is 0 Å². The number of urea groups is 1. The van der Waals surface area contributed by atoms with E-state index in [1.807, 2.05) is 0 Å². The van der Waals surface area contributed by atoms with Crippen LogP contribution >= 0.6 is 0 Å². The number of nitrogens with one attached hydrogen (secondary N) is 1. The second-order valence-electron chi connectivity index (χ2n) is 5.64. The van der Waals surface area contributed by atoms with Gasteiger partial charge in [-0.15, -0.1) is 0 Å². The lowest BCUT2D eigenvalue weighted by Gasteiger charge is -2.24. The number of hydrogen-bond donors (Lipinski definition) is 3. The molecule has 2 heterocycles. The molecule has 2 fully saturated rings. The highest BCUT2D eigenvalue weighted by atomic mass is 16.4. The Hall–Kier alpha value is -1.83. The minimum absolute atomic E-state index is 0.359. The van der Waals surface area contributed by atoms with Crippen molar-refractivity contribution in [3.8, 4) is 0 Å². The Balaban J connectivity index is 1.85. The summed E-state index contributed by atoms with van der Waals surface area (Å²) in [6.45, 7) is 3.35. The summed E-state index contributed by atoms with van der Waals surface area (Å²) >= 11 is 0. The fourth-order valence-electron chi connectivity index (χ4n) is 2.97. The lowest BCUT2D eigenvalue weighted by molar-refractivity contribution is -0.140. The van der Waals surface area contributed by atoms with Crippen LogP contribution in [0.4, 0.5) is 4.79 Å². The first-order valence-corrected chi connectivity index (χ1v) is 7.28. The van der Waals surface area contributed by atoms with E-state index in [1.54, 1.807) is 4.90 Å². The van der Waals surface area contributed by atoms with E-state index >= 15 is 0 Å². The molecule has 2 saturated heterocycles. The first-order chi connectivity index (χ1) is 9.97. The van der Waals surface area contributed by atoms with Crippen LogP contribution in [0.15, 0.2) is 0 Å². The summed E-state index contributed by atoms with van der Waals surface area (Å²) in [5.41, 5.74) is 4.99. The molecule has 21 heavy (non-hydrogen) atoms. The molecule has 2 rings (SSSR count). The van der Waals surface area contributed by atoms with Gasteiger partial charge in [-0.25, -0.2) is 9.59 Å². The van der Waals surface area contributed by atoms with E-state index in [-0.39, 0.29) is 0 Å². The van der Waals surface area contributed by atoms with Crippen LogP contribution in [0.25, 0.3) is 0 Å². The van der Waals surface area contributed by atoms with Gasteiger partial charge in [-0.1, -0.05) is 0 Å². The molecule has 2 atom stereocenters. The third-order valence-electron chi connectivity index (χ3n) is 4.11. The number of carboxylic acid groups (broad SMARTS) is 1. The van der Waals surface area contributed by atoms with Gasteiger partial charge in [-0.05, 0) is 32.4 Å². The van der Waals surface area contributed by atoms with E-state index in [9.17, 15) is 14.4 Å². The molecule has 0 saturated carbocycles. The van der Waals surface area contributed by atoms with Gasteiger partial charge < -0.3 is 21.1 Å². The summed E-state index contributed by atoms with van der Waals surface area (Å²) in [7, 11) is 0. The highest BCUT2D eigenvalue weighted by Gasteiger charge is 2.33. The zero-order valence-electron chi connectivity index (χ0n) is 12.0. The molecule has 4 N–H and O–H groups in total. The van der Waals surface area contributed by atoms with E-state index in [2.05, 4.69) is 10.2 Å². The Bertz CT molecular complexity index is 422. The maximum atomic E-state index is 12.1.